The predicted molar refractivity (Wildman–Crippen MR) is 101 cm³/mol. The second kappa shape index (κ2) is 8.19. The number of hydrazone groups is 1. The number of pyridine rings is 1. The average Bonchev–Trinajstić information content (AvgIpc) is 3.02. The molecule has 0 bridgehead atoms. The Bertz CT molecular complexity index is 751. The van der Waals surface area contributed by atoms with Crippen molar-refractivity contribution in [3.8, 4) is 0 Å². The molecule has 28 heavy (non-hydrogen) atoms. The molecule has 0 radical (unpaired) electrons. The van der Waals surface area contributed by atoms with E-state index >= 15 is 0 Å². The van der Waals surface area contributed by atoms with E-state index in [9.17, 15) is 13.2 Å². The quantitative estimate of drug-likeness (QED) is 0.681. The summed E-state index contributed by atoms with van der Waals surface area (Å²) in [5, 5.41) is 6.39. The number of alkyl halides is 2. The number of nitrogens with zero attached hydrogens (tertiary/aromatic N) is 5. The van der Waals surface area contributed by atoms with Crippen molar-refractivity contribution in [2.75, 3.05) is 6.54 Å². The van der Waals surface area contributed by atoms with Crippen LogP contribution in [0.4, 0.5) is 13.2 Å². The van der Waals surface area contributed by atoms with Gasteiger partial charge in [0.25, 0.3) is 0 Å². The van der Waals surface area contributed by atoms with Crippen molar-refractivity contribution in [1.29, 1.82) is 0 Å². The van der Waals surface area contributed by atoms with Crippen LogP contribution >= 0.6 is 11.8 Å². The third-order valence-electron chi connectivity index (χ3n) is 5.79. The van der Waals surface area contributed by atoms with Gasteiger partial charge in [-0.2, -0.15) is 5.10 Å². The van der Waals surface area contributed by atoms with Crippen molar-refractivity contribution in [1.82, 2.24) is 19.3 Å². The molecule has 1 aromatic rings. The topological polar surface area (TPSA) is 35.0 Å². The lowest BCUT2D eigenvalue weighted by Crippen LogP contribution is -2.39. The molecule has 1 aromatic heterocycles. The highest BCUT2D eigenvalue weighted by atomic mass is 35.5. The molecule has 0 spiro atoms. The molecule has 1 atom stereocenters. The first-order valence-electron chi connectivity index (χ1n) is 9.67. The van der Waals surface area contributed by atoms with Crippen molar-refractivity contribution in [2.24, 2.45) is 5.10 Å². The van der Waals surface area contributed by atoms with Crippen LogP contribution in [0.3, 0.4) is 0 Å². The number of hydrogen-bond donors (Lipinski definition) is 0. The number of halogens is 4. The Kier molecular flexibility index (Phi) is 5.66. The maximum atomic E-state index is 14.0. The van der Waals surface area contributed by atoms with Gasteiger partial charge in [0.05, 0.1) is 17.9 Å². The molecule has 152 valence electrons. The van der Waals surface area contributed by atoms with Crippen molar-refractivity contribution in [3.63, 3.8) is 0 Å². The van der Waals surface area contributed by atoms with Gasteiger partial charge in [-0.1, -0.05) is 0 Å². The maximum absolute atomic E-state index is 14.0. The number of aromatic nitrogens is 1. The van der Waals surface area contributed by atoms with Crippen molar-refractivity contribution < 1.29 is 13.2 Å². The smallest absolute Gasteiger partial charge is 0.240 e. The van der Waals surface area contributed by atoms with Gasteiger partial charge in [0.2, 0.25) is 6.43 Å². The van der Waals surface area contributed by atoms with E-state index in [0.29, 0.717) is 18.7 Å². The maximum Gasteiger partial charge on any atom is 0.240 e. The van der Waals surface area contributed by atoms with E-state index in [1.807, 2.05) is 9.91 Å². The fraction of sp³-hybridized carbons (Fsp3) is 0.579. The minimum atomic E-state index is -2.38. The van der Waals surface area contributed by atoms with Crippen LogP contribution in [-0.2, 0) is 0 Å². The van der Waals surface area contributed by atoms with Crippen molar-refractivity contribution in [2.45, 2.75) is 63.0 Å². The molecule has 0 amide bonds. The molecule has 1 saturated carbocycles. The molecule has 0 N–H and O–H groups in total. The molecule has 4 rings (SSSR count). The first-order valence-corrected chi connectivity index (χ1v) is 10.0. The fourth-order valence-corrected chi connectivity index (χ4v) is 4.55. The first-order chi connectivity index (χ1) is 13.5. The third kappa shape index (κ3) is 3.92. The molecular formula is C19H23ClF3N5. The van der Waals surface area contributed by atoms with E-state index in [1.54, 1.807) is 24.8 Å². The summed E-state index contributed by atoms with van der Waals surface area (Å²) in [5.41, 5.74) is 0.533. The predicted octanol–water partition coefficient (Wildman–Crippen LogP) is 4.49. The van der Waals surface area contributed by atoms with Gasteiger partial charge in [0.1, 0.15) is 18.0 Å². The second-order valence-electron chi connectivity index (χ2n) is 7.54. The summed E-state index contributed by atoms with van der Waals surface area (Å²) >= 11 is 6.23. The first kappa shape index (κ1) is 19.4. The lowest BCUT2D eigenvalue weighted by Gasteiger charge is -2.35. The second-order valence-corrected chi connectivity index (χ2v) is 7.97. The fourth-order valence-electron chi connectivity index (χ4n) is 4.37. The summed E-state index contributed by atoms with van der Waals surface area (Å²) in [6.45, 7) is 0.506. The molecule has 1 fully saturated rings. The van der Waals surface area contributed by atoms with E-state index in [1.165, 1.54) is 10.5 Å². The van der Waals surface area contributed by atoms with Gasteiger partial charge in [0, 0.05) is 42.9 Å². The molecule has 5 nitrogen and oxygen atoms in total. The van der Waals surface area contributed by atoms with Crippen LogP contribution in [0.25, 0.3) is 0 Å². The molecule has 2 aliphatic heterocycles. The van der Waals surface area contributed by atoms with Gasteiger partial charge in [-0.15, -0.1) is 0 Å². The van der Waals surface area contributed by atoms with Crippen LogP contribution in [0, 0.1) is 5.82 Å². The van der Waals surface area contributed by atoms with Gasteiger partial charge in [-0.25, -0.2) is 18.2 Å². The summed E-state index contributed by atoms with van der Waals surface area (Å²) in [6.07, 6.45) is 6.25. The van der Waals surface area contributed by atoms with Crippen LogP contribution in [0.2, 0.25) is 0 Å². The van der Waals surface area contributed by atoms with Gasteiger partial charge < -0.3 is 4.90 Å². The largest absolute Gasteiger partial charge is 0.311 e. The molecule has 1 aliphatic carbocycles. The highest BCUT2D eigenvalue weighted by molar-refractivity contribution is 6.14. The van der Waals surface area contributed by atoms with Crippen LogP contribution < -0.4 is 0 Å². The Labute approximate surface area is 167 Å². The molecule has 0 aromatic carbocycles. The van der Waals surface area contributed by atoms with E-state index in [0.717, 1.165) is 31.5 Å². The summed E-state index contributed by atoms with van der Waals surface area (Å²) in [5.74, 6) is 0.584. The average molecular weight is 414 g/mol. The Hall–Kier alpha value is -1.96. The van der Waals surface area contributed by atoms with Gasteiger partial charge in [-0.05, 0) is 44.2 Å². The van der Waals surface area contributed by atoms with Crippen LogP contribution in [-0.4, -0.2) is 50.7 Å². The molecule has 9 heteroatoms. The zero-order chi connectivity index (χ0) is 19.7. The van der Waals surface area contributed by atoms with Gasteiger partial charge >= 0.3 is 0 Å². The summed E-state index contributed by atoms with van der Waals surface area (Å²) < 4.78 is 41.6. The normalized spacial score (nSPS) is 27.8. The third-order valence-corrected chi connectivity index (χ3v) is 6.06. The van der Waals surface area contributed by atoms with Crippen molar-refractivity contribution in [3.05, 3.63) is 41.9 Å². The zero-order valence-corrected chi connectivity index (χ0v) is 16.1. The number of rotatable bonds is 4. The number of fused-ring (bicyclic) bond motifs is 1. The number of hydrogen-bond acceptors (Lipinski definition) is 5. The Morgan fingerprint density at radius 3 is 2.68 bits per heavy atom. The lowest BCUT2D eigenvalue weighted by atomic mass is 9.83. The highest BCUT2D eigenvalue weighted by Crippen LogP contribution is 2.38. The lowest BCUT2D eigenvalue weighted by molar-refractivity contribution is 0.101. The Morgan fingerprint density at radius 2 is 1.96 bits per heavy atom. The molecule has 3 heterocycles. The standard InChI is InChI=1S/C19H23ClF3N5/c20-26-9-7-15(10-17(22)23)27-12-25-28(18(27)11-26)14-5-3-13(4-6-14)19-16(21)2-1-8-24-19/h1-2,8,11-15,17H,3-7,9-10H2. The molecule has 1 unspecified atom stereocenters. The zero-order valence-electron chi connectivity index (χ0n) is 15.4. The van der Waals surface area contributed by atoms with Crippen LogP contribution in [0.1, 0.15) is 50.1 Å². The monoisotopic (exact) mass is 413 g/mol. The van der Waals surface area contributed by atoms with Crippen LogP contribution in [0.15, 0.2) is 35.5 Å². The van der Waals surface area contributed by atoms with E-state index in [4.69, 9.17) is 11.8 Å². The van der Waals surface area contributed by atoms with E-state index in [-0.39, 0.29) is 30.2 Å². The minimum absolute atomic E-state index is 0.0966. The highest BCUT2D eigenvalue weighted by Gasteiger charge is 2.37. The molecule has 3 aliphatic rings. The molecular weight excluding hydrogens is 391 g/mol. The summed E-state index contributed by atoms with van der Waals surface area (Å²) in [4.78, 5) is 6.04. The van der Waals surface area contributed by atoms with Gasteiger partial charge in [0.15, 0.2) is 0 Å². The minimum Gasteiger partial charge on any atom is -0.311 e. The Morgan fingerprint density at radius 1 is 1.18 bits per heavy atom. The van der Waals surface area contributed by atoms with Crippen LogP contribution in [0.5, 0.6) is 0 Å². The molecule has 0 saturated heterocycles. The Balaban J connectivity index is 1.45. The van der Waals surface area contributed by atoms with E-state index < -0.39 is 6.43 Å². The van der Waals surface area contributed by atoms with Gasteiger partial charge in [-0.3, -0.25) is 9.40 Å². The summed E-state index contributed by atoms with van der Waals surface area (Å²) in [6, 6.07) is 2.85. The van der Waals surface area contributed by atoms with Crippen molar-refractivity contribution >= 4 is 18.1 Å². The van der Waals surface area contributed by atoms with E-state index in [2.05, 4.69) is 10.1 Å². The summed E-state index contributed by atoms with van der Waals surface area (Å²) in [7, 11) is 0. The SMILES string of the molecule is Fc1cccnc1C1CCC(N2N=CN3C2=CN(Cl)CCC3CC(F)F)CC1.